The van der Waals surface area contributed by atoms with Crippen LogP contribution in [0.5, 0.6) is 0 Å². The summed E-state index contributed by atoms with van der Waals surface area (Å²) in [6.45, 7) is 1.73. The Morgan fingerprint density at radius 3 is 2.48 bits per heavy atom. The SMILES string of the molecule is Cc1cc(C2=NOC(CC(F)(F)F)(c3cc(Cl)cc(Cl)c3)C2)ccc1C(=O)NC1C[S+]([O-])C1. The van der Waals surface area contributed by atoms with Gasteiger partial charge in [-0.15, -0.1) is 0 Å². The Labute approximate surface area is 201 Å². The van der Waals surface area contributed by atoms with Crippen molar-refractivity contribution in [1.82, 2.24) is 5.32 Å². The third kappa shape index (κ3) is 5.42. The van der Waals surface area contributed by atoms with Crippen molar-refractivity contribution < 1.29 is 27.4 Å². The molecule has 1 amide bonds. The maximum Gasteiger partial charge on any atom is 0.393 e. The number of alkyl halides is 3. The fraction of sp³-hybridized carbons (Fsp3) is 0.364. The van der Waals surface area contributed by atoms with E-state index < -0.39 is 29.4 Å². The van der Waals surface area contributed by atoms with Crippen molar-refractivity contribution in [3.63, 3.8) is 0 Å². The molecule has 1 saturated heterocycles. The molecule has 0 saturated carbocycles. The molecule has 4 rings (SSSR count). The fourth-order valence-electron chi connectivity index (χ4n) is 3.97. The molecule has 2 aromatic rings. The van der Waals surface area contributed by atoms with Gasteiger partial charge in [0, 0.05) is 27.6 Å². The van der Waals surface area contributed by atoms with E-state index in [0.29, 0.717) is 33.9 Å². The fourth-order valence-corrected chi connectivity index (χ4v) is 5.46. The Morgan fingerprint density at radius 2 is 1.91 bits per heavy atom. The second kappa shape index (κ2) is 9.02. The van der Waals surface area contributed by atoms with Crippen LogP contribution in [0.15, 0.2) is 41.6 Å². The van der Waals surface area contributed by atoms with Gasteiger partial charge in [0.1, 0.15) is 17.5 Å². The molecule has 2 aliphatic heterocycles. The first kappa shape index (κ1) is 24.2. The number of carbonyl (C=O) groups is 1. The van der Waals surface area contributed by atoms with Crippen LogP contribution in [0.2, 0.25) is 10.0 Å². The van der Waals surface area contributed by atoms with Crippen LogP contribution < -0.4 is 5.32 Å². The molecule has 0 spiro atoms. The average molecular weight is 519 g/mol. The van der Waals surface area contributed by atoms with Crippen LogP contribution in [0, 0.1) is 6.92 Å². The zero-order valence-corrected chi connectivity index (χ0v) is 19.7. The van der Waals surface area contributed by atoms with E-state index in [0.717, 1.165) is 0 Å². The van der Waals surface area contributed by atoms with Crippen molar-refractivity contribution in [3.8, 4) is 0 Å². The van der Waals surface area contributed by atoms with Crippen LogP contribution in [0.1, 0.15) is 39.9 Å². The number of aryl methyl sites for hydroxylation is 1. The van der Waals surface area contributed by atoms with E-state index in [1.807, 2.05) is 0 Å². The van der Waals surface area contributed by atoms with Gasteiger partial charge in [0.15, 0.2) is 5.60 Å². The molecule has 1 fully saturated rings. The van der Waals surface area contributed by atoms with Crippen LogP contribution in [0.3, 0.4) is 0 Å². The summed E-state index contributed by atoms with van der Waals surface area (Å²) < 4.78 is 51.6. The number of oxime groups is 1. The summed E-state index contributed by atoms with van der Waals surface area (Å²) in [6.07, 6.45) is -5.95. The highest BCUT2D eigenvalue weighted by Crippen LogP contribution is 2.45. The zero-order chi connectivity index (χ0) is 24.0. The van der Waals surface area contributed by atoms with Crippen LogP contribution >= 0.6 is 23.2 Å². The molecule has 0 aliphatic carbocycles. The number of hydrogen-bond donors (Lipinski definition) is 1. The van der Waals surface area contributed by atoms with E-state index in [1.165, 1.54) is 18.2 Å². The first-order valence-electron chi connectivity index (χ1n) is 9.99. The molecular formula is C22H19Cl2F3N2O3S. The van der Waals surface area contributed by atoms with Gasteiger partial charge in [-0.05, 0) is 59.6 Å². The molecule has 1 unspecified atom stereocenters. The van der Waals surface area contributed by atoms with Gasteiger partial charge in [0.25, 0.3) is 5.91 Å². The number of benzene rings is 2. The number of halogens is 5. The van der Waals surface area contributed by atoms with Crippen LogP contribution in [0.25, 0.3) is 0 Å². The molecule has 2 heterocycles. The number of hydrogen-bond acceptors (Lipinski definition) is 4. The predicted octanol–water partition coefficient (Wildman–Crippen LogP) is 5.13. The van der Waals surface area contributed by atoms with E-state index in [1.54, 1.807) is 25.1 Å². The minimum atomic E-state index is -4.52. The molecule has 1 atom stereocenters. The molecule has 0 aromatic heterocycles. The minimum Gasteiger partial charge on any atom is -0.616 e. The molecule has 1 N–H and O–H groups in total. The van der Waals surface area contributed by atoms with E-state index in [9.17, 15) is 22.5 Å². The van der Waals surface area contributed by atoms with Gasteiger partial charge in [-0.25, -0.2) is 0 Å². The summed E-state index contributed by atoms with van der Waals surface area (Å²) in [5.41, 5.74) is 0.310. The second-order valence-electron chi connectivity index (χ2n) is 8.22. The summed E-state index contributed by atoms with van der Waals surface area (Å²) >= 11 is 11.2. The maximum atomic E-state index is 13.5. The number of amides is 1. The first-order chi connectivity index (χ1) is 15.4. The smallest absolute Gasteiger partial charge is 0.393 e. The van der Waals surface area contributed by atoms with Crippen LogP contribution in [-0.2, 0) is 21.6 Å². The van der Waals surface area contributed by atoms with Crippen molar-refractivity contribution in [3.05, 3.63) is 68.7 Å². The Morgan fingerprint density at radius 1 is 1.24 bits per heavy atom. The van der Waals surface area contributed by atoms with Gasteiger partial charge < -0.3 is 14.7 Å². The highest BCUT2D eigenvalue weighted by molar-refractivity contribution is 7.92. The third-order valence-corrected chi connectivity index (χ3v) is 7.56. The minimum absolute atomic E-state index is 0.113. The highest BCUT2D eigenvalue weighted by Gasteiger charge is 2.50. The zero-order valence-electron chi connectivity index (χ0n) is 17.3. The van der Waals surface area contributed by atoms with Crippen molar-refractivity contribution in [1.29, 1.82) is 0 Å². The maximum absolute atomic E-state index is 13.5. The van der Waals surface area contributed by atoms with Crippen molar-refractivity contribution in [2.24, 2.45) is 5.16 Å². The number of nitrogens with one attached hydrogen (secondary N) is 1. The molecule has 33 heavy (non-hydrogen) atoms. The number of carbonyl (C=O) groups excluding carboxylic acids is 1. The summed E-state index contributed by atoms with van der Waals surface area (Å²) in [7, 11) is 0. The molecular weight excluding hydrogens is 500 g/mol. The monoisotopic (exact) mass is 518 g/mol. The van der Waals surface area contributed by atoms with E-state index in [4.69, 9.17) is 28.0 Å². The van der Waals surface area contributed by atoms with Gasteiger partial charge in [0.2, 0.25) is 0 Å². The number of rotatable bonds is 5. The Balaban J connectivity index is 1.57. The van der Waals surface area contributed by atoms with Gasteiger partial charge in [-0.3, -0.25) is 4.79 Å². The summed E-state index contributed by atoms with van der Waals surface area (Å²) in [4.78, 5) is 17.9. The predicted molar refractivity (Wildman–Crippen MR) is 121 cm³/mol. The molecule has 5 nitrogen and oxygen atoms in total. The van der Waals surface area contributed by atoms with Crippen molar-refractivity contribution >= 4 is 46.0 Å². The van der Waals surface area contributed by atoms with Gasteiger partial charge in [-0.2, -0.15) is 13.2 Å². The molecule has 2 aromatic carbocycles. The van der Waals surface area contributed by atoms with Crippen molar-refractivity contribution in [2.75, 3.05) is 11.5 Å². The van der Waals surface area contributed by atoms with Crippen LogP contribution in [-0.4, -0.2) is 39.9 Å². The summed E-state index contributed by atoms with van der Waals surface area (Å²) in [5, 5.41) is 7.18. The lowest BCUT2D eigenvalue weighted by atomic mass is 9.84. The largest absolute Gasteiger partial charge is 0.616 e. The van der Waals surface area contributed by atoms with E-state index in [-0.39, 0.29) is 34.0 Å². The Hall–Kier alpha value is -1.94. The van der Waals surface area contributed by atoms with Gasteiger partial charge in [-0.1, -0.05) is 34.4 Å². The van der Waals surface area contributed by atoms with Gasteiger partial charge >= 0.3 is 6.18 Å². The Kier molecular flexibility index (Phi) is 6.61. The number of nitrogens with zero attached hydrogens (tertiary/aromatic N) is 1. The molecule has 0 radical (unpaired) electrons. The van der Waals surface area contributed by atoms with Crippen LogP contribution in [0.4, 0.5) is 13.2 Å². The van der Waals surface area contributed by atoms with Gasteiger partial charge in [0.05, 0.1) is 12.1 Å². The quantitative estimate of drug-likeness (QED) is 0.557. The lowest BCUT2D eigenvalue weighted by molar-refractivity contribution is -0.186. The van der Waals surface area contributed by atoms with E-state index >= 15 is 0 Å². The third-order valence-electron chi connectivity index (χ3n) is 5.57. The highest BCUT2D eigenvalue weighted by atomic mass is 35.5. The topological polar surface area (TPSA) is 73.8 Å². The second-order valence-corrected chi connectivity index (χ2v) is 10.6. The summed E-state index contributed by atoms with van der Waals surface area (Å²) in [6, 6.07) is 9.00. The van der Waals surface area contributed by atoms with E-state index in [2.05, 4.69) is 10.5 Å². The Bertz CT molecular complexity index is 1100. The first-order valence-corrected chi connectivity index (χ1v) is 12.2. The molecule has 176 valence electrons. The molecule has 2 aliphatic rings. The average Bonchev–Trinajstić information content (AvgIpc) is 3.09. The summed E-state index contributed by atoms with van der Waals surface area (Å²) in [5.74, 6) is 0.586. The lowest BCUT2D eigenvalue weighted by Crippen LogP contribution is -2.53. The van der Waals surface area contributed by atoms with Crippen molar-refractivity contribution in [2.45, 2.75) is 37.6 Å². The lowest BCUT2D eigenvalue weighted by Gasteiger charge is -2.29. The molecule has 11 heteroatoms. The normalized spacial score (nSPS) is 24.6. The standard InChI is InChI=1S/C22H19Cl2F3N2O3S/c1-12-4-13(2-3-18(12)20(30)28-17-9-33(31)10-17)19-8-21(32-29-19,11-22(25,26)27)14-5-15(23)7-16(24)6-14/h2-7,17H,8-11H2,1H3,(H,28,30). The molecule has 0 bridgehead atoms.